The molecule has 0 bridgehead atoms. The maximum absolute atomic E-state index is 12.2. The van der Waals surface area contributed by atoms with E-state index in [-0.39, 0.29) is 11.8 Å². The van der Waals surface area contributed by atoms with Crippen molar-refractivity contribution >= 4 is 5.91 Å². The van der Waals surface area contributed by atoms with Crippen molar-refractivity contribution in [3.05, 3.63) is 0 Å². The van der Waals surface area contributed by atoms with Crippen molar-refractivity contribution in [1.29, 1.82) is 5.26 Å². The van der Waals surface area contributed by atoms with Crippen LogP contribution in [0.15, 0.2) is 0 Å². The predicted molar refractivity (Wildman–Crippen MR) is 66.8 cm³/mol. The second-order valence-electron chi connectivity index (χ2n) is 5.40. The van der Waals surface area contributed by atoms with Crippen molar-refractivity contribution in [3.8, 4) is 6.07 Å². The van der Waals surface area contributed by atoms with E-state index in [0.29, 0.717) is 19.4 Å². The molecule has 0 radical (unpaired) electrons. The molecule has 0 aromatic heterocycles. The minimum atomic E-state index is -0.666. The molecular formula is C13H21N3O2. The molecule has 1 amide bonds. The summed E-state index contributed by atoms with van der Waals surface area (Å²) < 4.78 is 5.32. The van der Waals surface area contributed by atoms with E-state index >= 15 is 0 Å². The normalized spacial score (nSPS) is 28.3. The zero-order chi connectivity index (χ0) is 13.0. The number of hydrogen-bond acceptors (Lipinski definition) is 4. The van der Waals surface area contributed by atoms with Crippen molar-refractivity contribution in [3.63, 3.8) is 0 Å². The number of ether oxygens (including phenoxy) is 1. The van der Waals surface area contributed by atoms with Gasteiger partial charge in [0.25, 0.3) is 0 Å². The molecule has 5 nitrogen and oxygen atoms in total. The summed E-state index contributed by atoms with van der Waals surface area (Å²) in [5, 5.41) is 12.3. The number of carbonyl (C=O) groups excluding carboxylic acids is 1. The van der Waals surface area contributed by atoms with Gasteiger partial charge in [0.2, 0.25) is 5.91 Å². The number of nitrogens with one attached hydrogen (secondary N) is 1. The van der Waals surface area contributed by atoms with Crippen molar-refractivity contribution < 1.29 is 9.53 Å². The van der Waals surface area contributed by atoms with Crippen LogP contribution in [0.25, 0.3) is 0 Å². The maximum Gasteiger partial charge on any atom is 0.226 e. The van der Waals surface area contributed by atoms with Gasteiger partial charge in [-0.3, -0.25) is 4.79 Å². The van der Waals surface area contributed by atoms with Crippen molar-refractivity contribution in [2.45, 2.75) is 31.2 Å². The van der Waals surface area contributed by atoms with Crippen LogP contribution >= 0.6 is 0 Å². The number of rotatable bonds is 2. The average molecular weight is 251 g/mol. The molecule has 2 rings (SSSR count). The van der Waals surface area contributed by atoms with Crippen LogP contribution < -0.4 is 5.32 Å². The quantitative estimate of drug-likeness (QED) is 0.777. The van der Waals surface area contributed by atoms with Crippen LogP contribution in [0.1, 0.15) is 25.7 Å². The van der Waals surface area contributed by atoms with Gasteiger partial charge in [-0.2, -0.15) is 5.26 Å². The zero-order valence-corrected chi connectivity index (χ0v) is 10.9. The Morgan fingerprint density at radius 1 is 1.50 bits per heavy atom. The summed E-state index contributed by atoms with van der Waals surface area (Å²) in [6, 6.07) is 2.31. The first-order chi connectivity index (χ1) is 8.65. The van der Waals surface area contributed by atoms with Gasteiger partial charge in [0.05, 0.1) is 18.6 Å². The standard InChI is InChI=1S/C13H21N3O2/c1-16-6-4-13(10-14,5-7-16)15-12(17)11-3-2-8-18-9-11/h11H,2-9H2,1H3,(H,15,17). The van der Waals surface area contributed by atoms with Crippen molar-refractivity contribution in [2.24, 2.45) is 5.92 Å². The number of nitriles is 1. The molecule has 0 aromatic rings. The van der Waals surface area contributed by atoms with Crippen LogP contribution in [-0.2, 0) is 9.53 Å². The van der Waals surface area contributed by atoms with Crippen LogP contribution in [-0.4, -0.2) is 49.7 Å². The SMILES string of the molecule is CN1CCC(C#N)(NC(=O)C2CCCOC2)CC1. The monoisotopic (exact) mass is 251 g/mol. The predicted octanol–water partition coefficient (Wildman–Crippen LogP) is 0.517. The minimum Gasteiger partial charge on any atom is -0.381 e. The van der Waals surface area contributed by atoms with Crippen molar-refractivity contribution in [1.82, 2.24) is 10.2 Å². The third kappa shape index (κ3) is 3.01. The molecule has 0 spiro atoms. The maximum atomic E-state index is 12.2. The fourth-order valence-electron chi connectivity index (χ4n) is 2.55. The smallest absolute Gasteiger partial charge is 0.226 e. The summed E-state index contributed by atoms with van der Waals surface area (Å²) >= 11 is 0. The topological polar surface area (TPSA) is 65.4 Å². The minimum absolute atomic E-state index is 0.0131. The van der Waals surface area contributed by atoms with E-state index in [2.05, 4.69) is 16.3 Å². The zero-order valence-electron chi connectivity index (χ0n) is 10.9. The van der Waals surface area contributed by atoms with E-state index in [1.165, 1.54) is 0 Å². The summed E-state index contributed by atoms with van der Waals surface area (Å²) in [6.45, 7) is 2.95. The van der Waals surface area contributed by atoms with Crippen LogP contribution in [0.5, 0.6) is 0 Å². The van der Waals surface area contributed by atoms with E-state index in [1.807, 2.05) is 7.05 Å². The number of hydrogen-bond donors (Lipinski definition) is 1. The van der Waals surface area contributed by atoms with E-state index in [1.54, 1.807) is 0 Å². The van der Waals surface area contributed by atoms with Gasteiger partial charge in [0.15, 0.2) is 0 Å². The van der Waals surface area contributed by atoms with Crippen molar-refractivity contribution in [2.75, 3.05) is 33.4 Å². The lowest BCUT2D eigenvalue weighted by Gasteiger charge is -2.37. The second kappa shape index (κ2) is 5.68. The van der Waals surface area contributed by atoms with E-state index < -0.39 is 5.54 Å². The Balaban J connectivity index is 1.93. The highest BCUT2D eigenvalue weighted by Crippen LogP contribution is 2.22. The summed E-state index contributed by atoms with van der Waals surface area (Å²) in [4.78, 5) is 14.3. The Kier molecular flexibility index (Phi) is 4.20. The highest BCUT2D eigenvalue weighted by Gasteiger charge is 2.37. The Hall–Kier alpha value is -1.12. The highest BCUT2D eigenvalue weighted by atomic mass is 16.5. The number of nitrogens with zero attached hydrogens (tertiary/aromatic N) is 2. The third-order valence-electron chi connectivity index (χ3n) is 3.95. The largest absolute Gasteiger partial charge is 0.381 e. The number of carbonyl (C=O) groups is 1. The molecule has 18 heavy (non-hydrogen) atoms. The number of amides is 1. The Bertz CT molecular complexity index is 337. The van der Waals surface area contributed by atoms with Gasteiger partial charge in [0.1, 0.15) is 5.54 Å². The van der Waals surface area contributed by atoms with Crippen LogP contribution in [0.3, 0.4) is 0 Å². The van der Waals surface area contributed by atoms with Crippen LogP contribution in [0, 0.1) is 17.2 Å². The van der Waals surface area contributed by atoms with Gasteiger partial charge in [0, 0.05) is 19.7 Å². The summed E-state index contributed by atoms with van der Waals surface area (Å²) in [6.07, 6.45) is 3.21. The summed E-state index contributed by atoms with van der Waals surface area (Å²) in [7, 11) is 2.04. The number of likely N-dealkylation sites (tertiary alicyclic amines) is 1. The molecule has 0 aromatic carbocycles. The molecule has 5 heteroatoms. The summed E-state index contributed by atoms with van der Waals surface area (Å²) in [5.74, 6) is -0.0931. The average Bonchev–Trinajstić information content (AvgIpc) is 2.43. The molecule has 100 valence electrons. The molecule has 0 aliphatic carbocycles. The molecule has 2 aliphatic rings. The molecule has 2 heterocycles. The van der Waals surface area contributed by atoms with Gasteiger partial charge in [-0.25, -0.2) is 0 Å². The highest BCUT2D eigenvalue weighted by molar-refractivity contribution is 5.80. The lowest BCUT2D eigenvalue weighted by molar-refractivity contribution is -0.130. The lowest BCUT2D eigenvalue weighted by Crippen LogP contribution is -2.55. The fraction of sp³-hybridized carbons (Fsp3) is 0.846. The molecule has 1 N–H and O–H groups in total. The summed E-state index contributed by atoms with van der Waals surface area (Å²) in [5.41, 5.74) is -0.666. The van der Waals surface area contributed by atoms with Crippen LogP contribution in [0.2, 0.25) is 0 Å². The van der Waals surface area contributed by atoms with Gasteiger partial charge in [-0.15, -0.1) is 0 Å². The first-order valence-electron chi connectivity index (χ1n) is 6.65. The molecule has 2 fully saturated rings. The van der Waals surface area contributed by atoms with Gasteiger partial charge in [-0.05, 0) is 32.7 Å². The Labute approximate surface area is 108 Å². The van der Waals surface area contributed by atoms with Gasteiger partial charge in [-0.1, -0.05) is 0 Å². The molecule has 1 unspecified atom stereocenters. The lowest BCUT2D eigenvalue weighted by atomic mass is 9.88. The molecule has 0 saturated carbocycles. The molecule has 2 aliphatic heterocycles. The molecule has 1 atom stereocenters. The molecular weight excluding hydrogens is 230 g/mol. The Morgan fingerprint density at radius 2 is 2.22 bits per heavy atom. The Morgan fingerprint density at radius 3 is 2.78 bits per heavy atom. The first-order valence-corrected chi connectivity index (χ1v) is 6.65. The van der Waals surface area contributed by atoms with Gasteiger partial charge < -0.3 is 15.0 Å². The van der Waals surface area contributed by atoms with E-state index in [0.717, 1.165) is 32.5 Å². The van der Waals surface area contributed by atoms with Gasteiger partial charge >= 0.3 is 0 Å². The fourth-order valence-corrected chi connectivity index (χ4v) is 2.55. The second-order valence-corrected chi connectivity index (χ2v) is 5.40. The first kappa shape index (κ1) is 13.3. The van der Waals surface area contributed by atoms with E-state index in [9.17, 15) is 10.1 Å². The third-order valence-corrected chi connectivity index (χ3v) is 3.95. The van der Waals surface area contributed by atoms with Crippen LogP contribution in [0.4, 0.5) is 0 Å². The van der Waals surface area contributed by atoms with E-state index in [4.69, 9.17) is 4.74 Å². The molecule has 2 saturated heterocycles. The number of piperidine rings is 1.